The lowest BCUT2D eigenvalue weighted by atomic mass is 9.97. The number of fused-ring (bicyclic) bond motifs is 1. The van der Waals surface area contributed by atoms with Crippen LogP contribution in [0.15, 0.2) is 36.9 Å². The van der Waals surface area contributed by atoms with Crippen LogP contribution >= 0.6 is 0 Å². The molecule has 3 N–H and O–H groups in total. The molecule has 0 radical (unpaired) electrons. The molecular weight excluding hydrogens is 761 g/mol. The first-order valence-corrected chi connectivity index (χ1v) is 20.3. The maximum absolute atomic E-state index is 12.8. The maximum Gasteiger partial charge on any atom is 0.410 e. The second-order valence-corrected chi connectivity index (χ2v) is 16.6. The van der Waals surface area contributed by atoms with E-state index < -0.39 is 17.2 Å². The van der Waals surface area contributed by atoms with Gasteiger partial charge in [0.05, 0.1) is 40.7 Å². The van der Waals surface area contributed by atoms with Gasteiger partial charge in [-0.15, -0.1) is 0 Å². The van der Waals surface area contributed by atoms with E-state index in [1.54, 1.807) is 43.8 Å². The highest BCUT2D eigenvalue weighted by Crippen LogP contribution is 2.30. The van der Waals surface area contributed by atoms with Crippen molar-refractivity contribution in [3.8, 4) is 0 Å². The normalized spacial score (nSPS) is 16.8. The van der Waals surface area contributed by atoms with Crippen molar-refractivity contribution in [1.82, 2.24) is 29.3 Å². The molecule has 0 saturated carbocycles. The van der Waals surface area contributed by atoms with Gasteiger partial charge in [0.25, 0.3) is 5.97 Å². The van der Waals surface area contributed by atoms with Crippen LogP contribution in [0.5, 0.6) is 0 Å². The zero-order valence-electron chi connectivity index (χ0n) is 36.4. The van der Waals surface area contributed by atoms with Gasteiger partial charge in [-0.25, -0.2) is 14.6 Å². The van der Waals surface area contributed by atoms with Crippen molar-refractivity contribution >= 4 is 46.5 Å². The van der Waals surface area contributed by atoms with Crippen LogP contribution in [0.4, 0.5) is 21.0 Å². The molecule has 3 aromatic rings. The highest BCUT2D eigenvalue weighted by molar-refractivity contribution is 5.96. The van der Waals surface area contributed by atoms with Crippen LogP contribution in [0, 0.1) is 5.92 Å². The van der Waals surface area contributed by atoms with Gasteiger partial charge in [-0.3, -0.25) is 19.6 Å². The molecule has 0 aromatic carbocycles. The fourth-order valence-corrected chi connectivity index (χ4v) is 6.58. The predicted molar refractivity (Wildman–Crippen MR) is 225 cm³/mol. The molecule has 17 nitrogen and oxygen atoms in total. The van der Waals surface area contributed by atoms with Crippen LogP contribution < -0.4 is 10.6 Å². The number of ether oxygens (including phenoxy) is 4. The van der Waals surface area contributed by atoms with Gasteiger partial charge < -0.3 is 49.1 Å². The summed E-state index contributed by atoms with van der Waals surface area (Å²) >= 11 is 0. The molecule has 5 rings (SSSR count). The zero-order valence-corrected chi connectivity index (χ0v) is 36.4. The number of carboxylic acid groups (broad SMARTS) is 1. The third-order valence-corrected chi connectivity index (χ3v) is 9.11. The first kappa shape index (κ1) is 48.3. The number of hydrogen-bond donors (Lipinski definition) is 3. The summed E-state index contributed by atoms with van der Waals surface area (Å²) < 4.78 is 23.5. The van der Waals surface area contributed by atoms with Gasteiger partial charge in [0.2, 0.25) is 5.91 Å². The van der Waals surface area contributed by atoms with Crippen LogP contribution in [0.25, 0.3) is 11.0 Å². The zero-order chi connectivity index (χ0) is 43.6. The van der Waals surface area contributed by atoms with Crippen LogP contribution in [-0.2, 0) is 35.1 Å². The number of piperidine rings is 2. The highest BCUT2D eigenvalue weighted by Gasteiger charge is 2.32. The van der Waals surface area contributed by atoms with Crippen molar-refractivity contribution in [3.63, 3.8) is 0 Å². The van der Waals surface area contributed by atoms with E-state index in [-0.39, 0.29) is 29.9 Å². The van der Waals surface area contributed by atoms with E-state index in [4.69, 9.17) is 33.8 Å². The summed E-state index contributed by atoms with van der Waals surface area (Å²) in [4.78, 5) is 63.3. The van der Waals surface area contributed by atoms with Crippen molar-refractivity contribution in [3.05, 3.63) is 42.7 Å². The van der Waals surface area contributed by atoms with Crippen LogP contribution in [0.3, 0.4) is 0 Å². The van der Waals surface area contributed by atoms with Crippen molar-refractivity contribution in [2.24, 2.45) is 5.92 Å². The first-order valence-electron chi connectivity index (χ1n) is 20.3. The Morgan fingerprint density at radius 1 is 0.814 bits per heavy atom. The summed E-state index contributed by atoms with van der Waals surface area (Å²) in [5, 5.41) is 13.7. The van der Waals surface area contributed by atoms with Gasteiger partial charge >= 0.3 is 12.2 Å². The molecule has 2 fully saturated rings. The summed E-state index contributed by atoms with van der Waals surface area (Å²) in [5.74, 6) is 0.0266. The number of nitrogens with one attached hydrogen (secondary N) is 2. The number of amides is 3. The number of methoxy groups -OCH3 is 2. The topological polar surface area (TPSA) is 200 Å². The second-order valence-electron chi connectivity index (χ2n) is 16.6. The molecule has 0 bridgehead atoms. The lowest BCUT2D eigenvalue weighted by molar-refractivity contribution is -0.134. The number of carbonyl (C=O) groups is 4. The number of aliphatic carboxylic acids is 1. The lowest BCUT2D eigenvalue weighted by Gasteiger charge is -2.34. The van der Waals surface area contributed by atoms with Crippen molar-refractivity contribution in [1.29, 1.82) is 0 Å². The fraction of sp³-hybridized carbons (Fsp3) is 0.643. The molecule has 0 unspecified atom stereocenters. The van der Waals surface area contributed by atoms with Gasteiger partial charge in [-0.2, -0.15) is 0 Å². The summed E-state index contributed by atoms with van der Waals surface area (Å²) in [6, 6.07) is 3.71. The van der Waals surface area contributed by atoms with Crippen LogP contribution in [0.1, 0.15) is 98.7 Å². The maximum atomic E-state index is 12.8. The third-order valence-electron chi connectivity index (χ3n) is 9.11. The number of imidazole rings is 1. The number of likely N-dealkylation sites (tertiary alicyclic amines) is 2. The number of pyridine rings is 2. The van der Waals surface area contributed by atoms with Crippen LogP contribution in [-0.4, -0.2) is 130 Å². The average Bonchev–Trinajstić information content (AvgIpc) is 3.54. The SMILES string of the molecule is CC(=O)O.COCCCNc1cnccc1NC(=O)[C@@H]1CCCN(C(=O)OC(C)(C)C)C1.COCCCn1c([C@@H]2CCCN(C(=O)OC(C)(C)C)C2)nc2ccncc21. The Balaban J connectivity index is 0.000000289. The minimum atomic E-state index is -0.833. The van der Waals surface area contributed by atoms with E-state index in [0.29, 0.717) is 38.5 Å². The monoisotopic (exact) mass is 826 g/mol. The minimum absolute atomic E-state index is 0.0978. The van der Waals surface area contributed by atoms with Crippen molar-refractivity contribution in [2.45, 2.75) is 111 Å². The van der Waals surface area contributed by atoms with Crippen molar-refractivity contribution < 1.29 is 43.2 Å². The Morgan fingerprint density at radius 2 is 1.39 bits per heavy atom. The van der Waals surface area contributed by atoms with E-state index in [1.165, 1.54) is 0 Å². The molecule has 3 aromatic heterocycles. The number of carbonyl (C=O) groups excluding carboxylic acids is 3. The van der Waals surface area contributed by atoms with E-state index in [2.05, 4.69) is 25.2 Å². The number of carboxylic acids is 1. The van der Waals surface area contributed by atoms with Gasteiger partial charge in [-0.1, -0.05) is 0 Å². The Kier molecular flexibility index (Phi) is 19.3. The number of aromatic nitrogens is 4. The van der Waals surface area contributed by atoms with E-state index in [1.807, 2.05) is 58.7 Å². The number of anilines is 2. The fourth-order valence-electron chi connectivity index (χ4n) is 6.58. The third kappa shape index (κ3) is 17.0. The number of aryl methyl sites for hydroxylation is 1. The summed E-state index contributed by atoms with van der Waals surface area (Å²) in [5.41, 5.74) is 2.42. The minimum Gasteiger partial charge on any atom is -0.481 e. The summed E-state index contributed by atoms with van der Waals surface area (Å²) in [7, 11) is 3.38. The largest absolute Gasteiger partial charge is 0.481 e. The van der Waals surface area contributed by atoms with E-state index in [9.17, 15) is 14.4 Å². The molecular formula is C42H66N8O9. The molecule has 2 aliphatic rings. The van der Waals surface area contributed by atoms with Crippen LogP contribution in [0.2, 0.25) is 0 Å². The lowest BCUT2D eigenvalue weighted by Crippen LogP contribution is -2.45. The standard InChI is InChI=1S/C20H32N4O4.C20H30N4O3.C2H4O2/c1-20(2,3)28-19(26)24-11-5-7-15(14-24)18(25)23-16-8-10-21-13-17(16)22-9-6-12-27-4;1-20(2,3)27-19(25)23-10-5-7-15(14-23)18-22-16-8-9-21-13-17(16)24(18)11-6-12-26-4;1-2(3)4/h8,10,13,15,22H,5-7,9,11-12,14H2,1-4H3,(H,21,23,25);8-9,13,15H,5-7,10-12,14H2,1-4H3;1H3,(H,3,4)/t2*15-;/m11./s1. The van der Waals surface area contributed by atoms with Crippen molar-refractivity contribution in [2.75, 3.05) is 70.8 Å². The molecule has 2 atom stereocenters. The predicted octanol–water partition coefficient (Wildman–Crippen LogP) is 6.79. The molecule has 2 aliphatic heterocycles. The molecule has 328 valence electrons. The smallest absolute Gasteiger partial charge is 0.410 e. The number of hydrogen-bond acceptors (Lipinski definition) is 12. The molecule has 59 heavy (non-hydrogen) atoms. The van der Waals surface area contributed by atoms with E-state index in [0.717, 1.165) is 87.6 Å². The Labute approximate surface area is 348 Å². The highest BCUT2D eigenvalue weighted by atomic mass is 16.6. The number of rotatable bonds is 12. The molecule has 3 amide bonds. The quantitative estimate of drug-likeness (QED) is 0.162. The average molecular weight is 827 g/mol. The van der Waals surface area contributed by atoms with Gasteiger partial charge in [-0.05, 0) is 92.2 Å². The Bertz CT molecular complexity index is 1790. The Hall–Kier alpha value is -5.03. The van der Waals surface area contributed by atoms with E-state index >= 15 is 0 Å². The van der Waals surface area contributed by atoms with Gasteiger partial charge in [0.1, 0.15) is 17.0 Å². The molecule has 17 heteroatoms. The molecule has 0 aliphatic carbocycles. The first-order chi connectivity index (χ1) is 27.9. The summed E-state index contributed by atoms with van der Waals surface area (Å²) in [6.07, 6.45) is 11.6. The second kappa shape index (κ2) is 23.5. The number of nitrogens with zero attached hydrogens (tertiary/aromatic N) is 6. The Morgan fingerprint density at radius 3 is 2.02 bits per heavy atom. The van der Waals surface area contributed by atoms with Gasteiger partial charge in [0, 0.05) is 91.9 Å². The molecule has 5 heterocycles. The van der Waals surface area contributed by atoms with Gasteiger partial charge in [0.15, 0.2) is 0 Å². The molecule has 0 spiro atoms. The molecule has 2 saturated heterocycles. The summed E-state index contributed by atoms with van der Waals surface area (Å²) in [6.45, 7) is 17.5.